The summed E-state index contributed by atoms with van der Waals surface area (Å²) in [6.07, 6.45) is 1.99. The number of ether oxygens (including phenoxy) is 2. The molecule has 0 amide bonds. The minimum atomic E-state index is 0.180. The molecule has 0 radical (unpaired) electrons. The number of hydrogen-bond acceptors (Lipinski definition) is 2. The van der Waals surface area contributed by atoms with Gasteiger partial charge in [-0.2, -0.15) is 0 Å². The molecular weight excluding hydrogens is 216 g/mol. The van der Waals surface area contributed by atoms with Gasteiger partial charge < -0.3 is 13.9 Å². The molecule has 1 heterocycles. The van der Waals surface area contributed by atoms with Crippen LogP contribution in [0.25, 0.3) is 0 Å². The Kier molecular flexibility index (Phi) is 4.56. The number of carbonyl (C=O) groups excluding carboxylic acids is 1. The van der Waals surface area contributed by atoms with Gasteiger partial charge in [0.2, 0.25) is 6.61 Å². The monoisotopic (exact) mass is 235 g/mol. The number of esters is 1. The second-order valence-electron chi connectivity index (χ2n) is 4.07. The molecule has 1 aliphatic rings. The van der Waals surface area contributed by atoms with Crippen LogP contribution in [0.3, 0.4) is 0 Å². The highest BCUT2D eigenvalue weighted by Crippen LogP contribution is 2.12. The van der Waals surface area contributed by atoms with E-state index in [1.807, 2.05) is 25.1 Å². The van der Waals surface area contributed by atoms with Crippen molar-refractivity contribution in [1.82, 2.24) is 0 Å². The molecular formula is C14H19O3+. The zero-order valence-corrected chi connectivity index (χ0v) is 10.2. The molecule has 1 unspecified atom stereocenters. The third-order valence-electron chi connectivity index (χ3n) is 2.73. The molecule has 0 aliphatic carbocycles. The Hall–Kier alpha value is -1.35. The van der Waals surface area contributed by atoms with Crippen LogP contribution in [-0.2, 0) is 20.5 Å². The van der Waals surface area contributed by atoms with Crippen molar-refractivity contribution in [2.75, 3.05) is 13.2 Å². The van der Waals surface area contributed by atoms with E-state index >= 15 is 0 Å². The molecule has 92 valence electrons. The summed E-state index contributed by atoms with van der Waals surface area (Å²) < 4.78 is 16.6. The quantitative estimate of drug-likeness (QED) is 0.592. The summed E-state index contributed by atoms with van der Waals surface area (Å²) in [4.78, 5) is 0. The summed E-state index contributed by atoms with van der Waals surface area (Å²) in [6, 6.07) is 10.2. The highest BCUT2D eigenvalue weighted by molar-refractivity contribution is 5.70. The summed E-state index contributed by atoms with van der Waals surface area (Å²) in [5.41, 5.74) is 1.20. The molecule has 1 aromatic rings. The van der Waals surface area contributed by atoms with Crippen LogP contribution in [-0.4, -0.2) is 25.3 Å². The van der Waals surface area contributed by atoms with Crippen LogP contribution in [0.15, 0.2) is 30.3 Å². The van der Waals surface area contributed by atoms with Crippen LogP contribution >= 0.6 is 0 Å². The van der Waals surface area contributed by atoms with Crippen LogP contribution in [0, 0.1) is 0 Å². The lowest BCUT2D eigenvalue weighted by Crippen LogP contribution is -2.27. The molecule has 0 bridgehead atoms. The van der Waals surface area contributed by atoms with Crippen molar-refractivity contribution in [3.8, 4) is 0 Å². The molecule has 2 rings (SSSR count). The third-order valence-corrected chi connectivity index (χ3v) is 2.73. The van der Waals surface area contributed by atoms with Crippen molar-refractivity contribution in [2.24, 2.45) is 0 Å². The maximum absolute atomic E-state index is 5.80. The van der Waals surface area contributed by atoms with Crippen LogP contribution < -0.4 is 0 Å². The Morgan fingerprint density at radius 3 is 2.76 bits per heavy atom. The van der Waals surface area contributed by atoms with E-state index in [1.165, 1.54) is 5.56 Å². The fourth-order valence-electron chi connectivity index (χ4n) is 1.81. The van der Waals surface area contributed by atoms with Crippen LogP contribution in [0.2, 0.25) is 0 Å². The van der Waals surface area contributed by atoms with E-state index < -0.39 is 0 Å². The Bertz CT molecular complexity index is 359. The summed E-state index contributed by atoms with van der Waals surface area (Å²) >= 11 is 0. The number of benzene rings is 1. The van der Waals surface area contributed by atoms with Gasteiger partial charge in [-0.25, -0.2) is 0 Å². The zero-order valence-electron chi connectivity index (χ0n) is 10.2. The van der Waals surface area contributed by atoms with E-state index in [9.17, 15) is 0 Å². The summed E-state index contributed by atoms with van der Waals surface area (Å²) in [6.45, 7) is 3.89. The lowest BCUT2D eigenvalue weighted by Gasteiger charge is -2.15. The van der Waals surface area contributed by atoms with Crippen molar-refractivity contribution in [3.05, 3.63) is 35.9 Å². The molecule has 3 nitrogen and oxygen atoms in total. The Balaban J connectivity index is 1.75. The van der Waals surface area contributed by atoms with Gasteiger partial charge in [-0.3, -0.25) is 0 Å². The minimum Gasteiger partial charge on any atom is -0.367 e. The first-order chi connectivity index (χ1) is 8.38. The summed E-state index contributed by atoms with van der Waals surface area (Å²) in [7, 11) is 0. The highest BCUT2D eigenvalue weighted by atomic mass is 16.6. The van der Waals surface area contributed by atoms with Gasteiger partial charge in [-0.15, -0.1) is 0 Å². The zero-order chi connectivity index (χ0) is 11.9. The molecule has 1 aromatic carbocycles. The minimum absolute atomic E-state index is 0.180. The van der Waals surface area contributed by atoms with Crippen LogP contribution in [0.4, 0.5) is 0 Å². The average Bonchev–Trinajstić information content (AvgIpc) is 2.40. The van der Waals surface area contributed by atoms with Gasteiger partial charge in [0, 0.05) is 0 Å². The summed E-state index contributed by atoms with van der Waals surface area (Å²) in [5.74, 6) is 0.757. The van der Waals surface area contributed by atoms with Gasteiger partial charge in [-0.1, -0.05) is 30.3 Å². The third kappa shape index (κ3) is 3.86. The van der Waals surface area contributed by atoms with Gasteiger partial charge in [0.1, 0.15) is 12.5 Å². The standard InChI is InChI=1S/C14H19O3/c1-2-15-14-9-8-13(11-17-14)16-10-12-6-4-3-5-7-12/h3-7,13H,2,8-11H2,1H3/q+1. The first-order valence-electron chi connectivity index (χ1n) is 6.15. The molecule has 1 atom stereocenters. The van der Waals surface area contributed by atoms with Gasteiger partial charge in [0.25, 0.3) is 0 Å². The van der Waals surface area contributed by atoms with E-state index in [4.69, 9.17) is 13.9 Å². The van der Waals surface area contributed by atoms with Crippen molar-refractivity contribution < 1.29 is 13.9 Å². The van der Waals surface area contributed by atoms with E-state index in [2.05, 4.69) is 12.1 Å². The van der Waals surface area contributed by atoms with E-state index in [-0.39, 0.29) is 6.10 Å². The molecule has 0 saturated heterocycles. The second-order valence-corrected chi connectivity index (χ2v) is 4.07. The Morgan fingerprint density at radius 1 is 1.29 bits per heavy atom. The average molecular weight is 235 g/mol. The first-order valence-corrected chi connectivity index (χ1v) is 6.15. The van der Waals surface area contributed by atoms with Gasteiger partial charge >= 0.3 is 5.97 Å². The van der Waals surface area contributed by atoms with Crippen molar-refractivity contribution >= 4 is 5.97 Å². The Morgan fingerprint density at radius 2 is 2.12 bits per heavy atom. The normalized spacial score (nSPS) is 19.8. The molecule has 3 heteroatoms. The molecule has 0 aromatic heterocycles. The van der Waals surface area contributed by atoms with Gasteiger partial charge in [-0.05, 0) is 18.9 Å². The first kappa shape index (κ1) is 12.1. The van der Waals surface area contributed by atoms with E-state index in [1.54, 1.807) is 0 Å². The largest absolute Gasteiger partial charge is 0.484 e. The van der Waals surface area contributed by atoms with Crippen molar-refractivity contribution in [3.63, 3.8) is 0 Å². The summed E-state index contributed by atoms with van der Waals surface area (Å²) in [5, 5.41) is 0. The lowest BCUT2D eigenvalue weighted by molar-refractivity contribution is -0.488. The van der Waals surface area contributed by atoms with Gasteiger partial charge in [0.15, 0.2) is 6.61 Å². The molecule has 0 spiro atoms. The van der Waals surface area contributed by atoms with Crippen LogP contribution in [0.5, 0.6) is 0 Å². The molecule has 0 fully saturated rings. The number of rotatable bonds is 4. The highest BCUT2D eigenvalue weighted by Gasteiger charge is 2.25. The maximum Gasteiger partial charge on any atom is 0.484 e. The maximum atomic E-state index is 5.80. The Labute approximate surface area is 102 Å². The smallest absolute Gasteiger partial charge is 0.367 e. The van der Waals surface area contributed by atoms with Gasteiger partial charge in [0.05, 0.1) is 6.61 Å². The SMILES string of the molecule is CCOC1=[O+]CC(OCc2ccccc2)CC1. The lowest BCUT2D eigenvalue weighted by atomic mass is 10.2. The predicted molar refractivity (Wildman–Crippen MR) is 65.8 cm³/mol. The van der Waals surface area contributed by atoms with Crippen molar-refractivity contribution in [2.45, 2.75) is 32.5 Å². The molecule has 0 N–H and O–H groups in total. The number of hydrogen-bond donors (Lipinski definition) is 0. The second kappa shape index (κ2) is 6.40. The van der Waals surface area contributed by atoms with E-state index in [0.29, 0.717) is 19.8 Å². The predicted octanol–water partition coefficient (Wildman–Crippen LogP) is 2.46. The van der Waals surface area contributed by atoms with Crippen molar-refractivity contribution in [1.29, 1.82) is 0 Å². The topological polar surface area (TPSA) is 29.8 Å². The molecule has 0 saturated carbocycles. The van der Waals surface area contributed by atoms with Crippen LogP contribution in [0.1, 0.15) is 25.3 Å². The van der Waals surface area contributed by atoms with E-state index in [0.717, 1.165) is 18.8 Å². The fourth-order valence-corrected chi connectivity index (χ4v) is 1.81. The fraction of sp³-hybridized carbons (Fsp3) is 0.500. The molecule has 17 heavy (non-hydrogen) atoms. The molecule has 1 aliphatic heterocycles.